The molecule has 0 unspecified atom stereocenters. The predicted octanol–water partition coefficient (Wildman–Crippen LogP) is 3.19. The van der Waals surface area contributed by atoms with Gasteiger partial charge in [-0.1, -0.05) is 23.8 Å². The zero-order valence-corrected chi connectivity index (χ0v) is 13.3. The highest BCUT2D eigenvalue weighted by molar-refractivity contribution is 5.97. The number of anilines is 1. The molecule has 23 heavy (non-hydrogen) atoms. The number of hydrogen-bond acceptors (Lipinski definition) is 4. The van der Waals surface area contributed by atoms with Crippen molar-refractivity contribution in [2.24, 2.45) is 0 Å². The molecular weight excluding hydrogens is 294 g/mol. The third kappa shape index (κ3) is 4.57. The molecule has 2 aromatic carbocycles. The van der Waals surface area contributed by atoms with Crippen molar-refractivity contribution in [1.82, 2.24) is 0 Å². The molecule has 0 fully saturated rings. The third-order valence-electron chi connectivity index (χ3n) is 3.28. The summed E-state index contributed by atoms with van der Waals surface area (Å²) in [6.45, 7) is 3.49. The molecule has 1 N–H and O–H groups in total. The average Bonchev–Trinajstić information content (AvgIpc) is 2.56. The fraction of sp³-hybridized carbons (Fsp3) is 0.222. The molecule has 0 aromatic heterocycles. The molecule has 0 heterocycles. The number of benzene rings is 2. The van der Waals surface area contributed by atoms with E-state index >= 15 is 0 Å². The first-order chi connectivity index (χ1) is 11.0. The maximum absolute atomic E-state index is 12.1. The summed E-state index contributed by atoms with van der Waals surface area (Å²) in [5, 5.41) is 2.71. The van der Waals surface area contributed by atoms with Gasteiger partial charge in [0.1, 0.15) is 5.75 Å². The van der Waals surface area contributed by atoms with Gasteiger partial charge in [0.15, 0.2) is 6.10 Å². The molecule has 0 saturated heterocycles. The number of ether oxygens (including phenoxy) is 2. The second kappa shape index (κ2) is 7.45. The molecule has 1 atom stereocenters. The smallest absolute Gasteiger partial charge is 0.339 e. The van der Waals surface area contributed by atoms with E-state index in [0.29, 0.717) is 17.0 Å². The van der Waals surface area contributed by atoms with E-state index in [4.69, 9.17) is 9.47 Å². The van der Waals surface area contributed by atoms with Gasteiger partial charge in [0.25, 0.3) is 5.91 Å². The van der Waals surface area contributed by atoms with E-state index in [0.717, 1.165) is 5.56 Å². The number of aryl methyl sites for hydroxylation is 1. The van der Waals surface area contributed by atoms with Crippen LogP contribution in [0.25, 0.3) is 0 Å². The van der Waals surface area contributed by atoms with E-state index in [-0.39, 0.29) is 5.91 Å². The highest BCUT2D eigenvalue weighted by atomic mass is 16.5. The highest BCUT2D eigenvalue weighted by Gasteiger charge is 2.19. The van der Waals surface area contributed by atoms with Crippen LogP contribution in [0.5, 0.6) is 5.75 Å². The monoisotopic (exact) mass is 313 g/mol. The van der Waals surface area contributed by atoms with Gasteiger partial charge in [-0.05, 0) is 44.2 Å². The van der Waals surface area contributed by atoms with Crippen LogP contribution >= 0.6 is 0 Å². The number of methoxy groups -OCH3 is 1. The standard InChI is InChI=1S/C18H19NO4/c1-12-7-9-15(10-8-12)19-17(20)13(2)23-18(21)14-5-4-6-16(11-14)22-3/h4-11,13H,1-3H3,(H,19,20)/t13-/m1/s1. The second-order valence-corrected chi connectivity index (χ2v) is 5.13. The lowest BCUT2D eigenvalue weighted by Gasteiger charge is -2.14. The van der Waals surface area contributed by atoms with Crippen molar-refractivity contribution in [3.63, 3.8) is 0 Å². The SMILES string of the molecule is COc1cccc(C(=O)O[C@H](C)C(=O)Nc2ccc(C)cc2)c1. The largest absolute Gasteiger partial charge is 0.497 e. The van der Waals surface area contributed by atoms with Crippen LogP contribution < -0.4 is 10.1 Å². The number of rotatable bonds is 5. The first-order valence-corrected chi connectivity index (χ1v) is 7.22. The third-order valence-corrected chi connectivity index (χ3v) is 3.28. The van der Waals surface area contributed by atoms with Crippen LogP contribution in [-0.4, -0.2) is 25.1 Å². The Morgan fingerprint density at radius 2 is 1.78 bits per heavy atom. The summed E-state index contributed by atoms with van der Waals surface area (Å²) in [5.41, 5.74) is 2.09. The zero-order valence-electron chi connectivity index (χ0n) is 13.3. The summed E-state index contributed by atoms with van der Waals surface area (Å²) in [6.07, 6.45) is -0.907. The first-order valence-electron chi connectivity index (χ1n) is 7.22. The summed E-state index contributed by atoms with van der Waals surface area (Å²) in [6, 6.07) is 14.0. The molecule has 1 amide bonds. The van der Waals surface area contributed by atoms with Crippen molar-refractivity contribution in [2.75, 3.05) is 12.4 Å². The van der Waals surface area contributed by atoms with E-state index in [2.05, 4.69) is 5.32 Å². The molecule has 5 nitrogen and oxygen atoms in total. The van der Waals surface area contributed by atoms with Crippen molar-refractivity contribution in [2.45, 2.75) is 20.0 Å². The minimum atomic E-state index is -0.907. The van der Waals surface area contributed by atoms with E-state index < -0.39 is 12.1 Å². The molecule has 0 aliphatic heterocycles. The van der Waals surface area contributed by atoms with Crippen LogP contribution in [0.2, 0.25) is 0 Å². The van der Waals surface area contributed by atoms with Gasteiger partial charge >= 0.3 is 5.97 Å². The molecule has 0 saturated carbocycles. The first kappa shape index (κ1) is 16.5. The van der Waals surface area contributed by atoms with E-state index in [1.165, 1.54) is 14.0 Å². The van der Waals surface area contributed by atoms with Crippen molar-refractivity contribution < 1.29 is 19.1 Å². The van der Waals surface area contributed by atoms with Crippen LogP contribution in [0.4, 0.5) is 5.69 Å². The lowest BCUT2D eigenvalue weighted by Crippen LogP contribution is -2.30. The zero-order chi connectivity index (χ0) is 16.8. The molecule has 120 valence electrons. The summed E-state index contributed by atoms with van der Waals surface area (Å²) < 4.78 is 10.2. The predicted molar refractivity (Wildman–Crippen MR) is 87.7 cm³/mol. The van der Waals surface area contributed by atoms with Crippen LogP contribution in [-0.2, 0) is 9.53 Å². The van der Waals surface area contributed by atoms with Crippen LogP contribution in [0.3, 0.4) is 0 Å². The summed E-state index contributed by atoms with van der Waals surface area (Å²) in [7, 11) is 1.52. The molecule has 0 aliphatic carbocycles. The molecule has 2 rings (SSSR count). The highest BCUT2D eigenvalue weighted by Crippen LogP contribution is 2.15. The second-order valence-electron chi connectivity index (χ2n) is 5.13. The Hall–Kier alpha value is -2.82. The van der Waals surface area contributed by atoms with Crippen molar-refractivity contribution in [3.8, 4) is 5.75 Å². The Balaban J connectivity index is 1.97. The Labute approximate surface area is 135 Å². The topological polar surface area (TPSA) is 64.6 Å². The quantitative estimate of drug-likeness (QED) is 0.861. The fourth-order valence-electron chi connectivity index (χ4n) is 1.91. The number of carbonyl (C=O) groups is 2. The van der Waals surface area contributed by atoms with Gasteiger partial charge in [-0.25, -0.2) is 4.79 Å². The Kier molecular flexibility index (Phi) is 5.36. The number of hydrogen-bond donors (Lipinski definition) is 1. The summed E-state index contributed by atoms with van der Waals surface area (Å²) in [4.78, 5) is 24.1. The van der Waals surface area contributed by atoms with Gasteiger partial charge in [-0.2, -0.15) is 0 Å². The van der Waals surface area contributed by atoms with Crippen LogP contribution in [0, 0.1) is 6.92 Å². The fourth-order valence-corrected chi connectivity index (χ4v) is 1.91. The van der Waals surface area contributed by atoms with Gasteiger partial charge in [0.2, 0.25) is 0 Å². The number of amides is 1. The lowest BCUT2D eigenvalue weighted by molar-refractivity contribution is -0.123. The van der Waals surface area contributed by atoms with Gasteiger partial charge in [-0.15, -0.1) is 0 Å². The van der Waals surface area contributed by atoms with E-state index in [9.17, 15) is 9.59 Å². The average molecular weight is 313 g/mol. The Bertz CT molecular complexity index is 694. The van der Waals surface area contributed by atoms with E-state index in [1.54, 1.807) is 36.4 Å². The molecule has 0 bridgehead atoms. The van der Waals surface area contributed by atoms with Crippen LogP contribution in [0.15, 0.2) is 48.5 Å². The minimum absolute atomic E-state index is 0.333. The Morgan fingerprint density at radius 3 is 2.43 bits per heavy atom. The minimum Gasteiger partial charge on any atom is -0.497 e. The maximum Gasteiger partial charge on any atom is 0.339 e. The molecule has 5 heteroatoms. The number of nitrogens with one attached hydrogen (secondary N) is 1. The summed E-state index contributed by atoms with van der Waals surface area (Å²) in [5.74, 6) is -0.406. The normalized spacial score (nSPS) is 11.4. The van der Waals surface area contributed by atoms with Crippen molar-refractivity contribution in [3.05, 3.63) is 59.7 Å². The molecule has 0 aliphatic rings. The van der Waals surface area contributed by atoms with Crippen molar-refractivity contribution in [1.29, 1.82) is 0 Å². The number of esters is 1. The maximum atomic E-state index is 12.1. The molecule has 2 aromatic rings. The Morgan fingerprint density at radius 1 is 1.09 bits per heavy atom. The molecular formula is C18H19NO4. The molecule has 0 spiro atoms. The van der Waals surface area contributed by atoms with Gasteiger partial charge < -0.3 is 14.8 Å². The molecule has 0 radical (unpaired) electrons. The van der Waals surface area contributed by atoms with E-state index in [1.807, 2.05) is 19.1 Å². The van der Waals surface area contributed by atoms with Gasteiger partial charge in [-0.3, -0.25) is 4.79 Å². The van der Waals surface area contributed by atoms with Crippen LogP contribution in [0.1, 0.15) is 22.8 Å². The summed E-state index contributed by atoms with van der Waals surface area (Å²) >= 11 is 0. The van der Waals surface area contributed by atoms with Crippen molar-refractivity contribution >= 4 is 17.6 Å². The number of carbonyl (C=O) groups excluding carboxylic acids is 2. The van der Waals surface area contributed by atoms with Gasteiger partial charge in [0, 0.05) is 5.69 Å². The van der Waals surface area contributed by atoms with Gasteiger partial charge in [0.05, 0.1) is 12.7 Å². The lowest BCUT2D eigenvalue weighted by atomic mass is 10.2.